The van der Waals surface area contributed by atoms with Gasteiger partial charge >= 0.3 is 0 Å². The van der Waals surface area contributed by atoms with Crippen molar-refractivity contribution in [2.24, 2.45) is 10.8 Å². The molecule has 2 aliphatic carbocycles. The van der Waals surface area contributed by atoms with E-state index >= 15 is 0 Å². The van der Waals surface area contributed by atoms with Crippen LogP contribution in [0.2, 0.25) is 0 Å². The summed E-state index contributed by atoms with van der Waals surface area (Å²) in [5, 5.41) is 11.2. The number of ether oxygens (including phenoxy) is 2. The molecule has 8 heteroatoms. The first kappa shape index (κ1) is 30.5. The number of allylic oxidation sites excluding steroid dienone is 4. The SMILES string of the molecule is CCCN1C2=C(C(=O)CC(C)(C)C2)C(c2ccc(OCc3cccc([N+](=O)[O-])c3)c(OCC)c2)C2=C1CC(C)(C)CC2=O. The molecule has 2 aromatic rings. The molecule has 0 fully saturated rings. The fourth-order valence-corrected chi connectivity index (χ4v) is 6.89. The summed E-state index contributed by atoms with van der Waals surface area (Å²) in [5.41, 5.74) is 4.77. The highest BCUT2D eigenvalue weighted by Gasteiger charge is 2.48. The molecule has 0 amide bonds. The van der Waals surface area contributed by atoms with Crippen molar-refractivity contribution in [1.82, 2.24) is 4.90 Å². The third-order valence-corrected chi connectivity index (χ3v) is 8.59. The number of carbonyl (C=O) groups excluding carboxylic acids is 2. The summed E-state index contributed by atoms with van der Waals surface area (Å²) in [6.07, 6.45) is 3.34. The van der Waals surface area contributed by atoms with Crippen LogP contribution in [0.25, 0.3) is 0 Å². The third-order valence-electron chi connectivity index (χ3n) is 8.59. The molecular weight excluding hydrogens is 544 g/mol. The Labute approximate surface area is 253 Å². The van der Waals surface area contributed by atoms with Crippen LogP contribution in [0.3, 0.4) is 0 Å². The Hall–Kier alpha value is -3.94. The van der Waals surface area contributed by atoms with Crippen molar-refractivity contribution in [1.29, 1.82) is 0 Å². The Bertz CT molecular complexity index is 1480. The molecule has 0 radical (unpaired) electrons. The summed E-state index contributed by atoms with van der Waals surface area (Å²) in [6, 6.07) is 12.0. The highest BCUT2D eigenvalue weighted by Crippen LogP contribution is 2.55. The number of nitro groups is 1. The zero-order chi connectivity index (χ0) is 31.1. The minimum Gasteiger partial charge on any atom is -0.490 e. The van der Waals surface area contributed by atoms with E-state index in [2.05, 4.69) is 39.5 Å². The largest absolute Gasteiger partial charge is 0.490 e. The van der Waals surface area contributed by atoms with Gasteiger partial charge in [-0.1, -0.05) is 52.8 Å². The number of rotatable bonds is 9. The number of nitro benzene ring substituents is 1. The first-order valence-electron chi connectivity index (χ1n) is 15.3. The van der Waals surface area contributed by atoms with Crippen molar-refractivity contribution in [2.45, 2.75) is 86.2 Å². The number of non-ortho nitro benzene ring substituents is 1. The molecule has 1 aliphatic heterocycles. The molecule has 0 spiro atoms. The smallest absolute Gasteiger partial charge is 0.269 e. The molecule has 0 atom stereocenters. The van der Waals surface area contributed by atoms with Gasteiger partial charge in [-0.2, -0.15) is 0 Å². The molecule has 0 saturated heterocycles. The van der Waals surface area contributed by atoms with Crippen LogP contribution in [0.4, 0.5) is 5.69 Å². The topological polar surface area (TPSA) is 99.0 Å². The molecule has 0 bridgehead atoms. The van der Waals surface area contributed by atoms with Gasteiger partial charge in [0.1, 0.15) is 6.61 Å². The number of ketones is 2. The predicted octanol–water partition coefficient (Wildman–Crippen LogP) is 7.67. The number of nitrogens with zero attached hydrogens (tertiary/aromatic N) is 2. The Morgan fingerprint density at radius 2 is 1.49 bits per heavy atom. The minimum atomic E-state index is -0.463. The zero-order valence-electron chi connectivity index (χ0n) is 26.1. The second-order valence-electron chi connectivity index (χ2n) is 13.5. The van der Waals surface area contributed by atoms with Crippen LogP contribution in [0.15, 0.2) is 65.0 Å². The molecule has 8 nitrogen and oxygen atoms in total. The highest BCUT2D eigenvalue weighted by atomic mass is 16.6. The normalized spacial score (nSPS) is 19.7. The van der Waals surface area contributed by atoms with E-state index in [1.54, 1.807) is 12.1 Å². The first-order chi connectivity index (χ1) is 20.3. The lowest BCUT2D eigenvalue weighted by Crippen LogP contribution is -2.44. The molecule has 0 N–H and O–H groups in total. The zero-order valence-corrected chi connectivity index (χ0v) is 26.1. The highest BCUT2D eigenvalue weighted by molar-refractivity contribution is 6.06. The number of hydrogen-bond donors (Lipinski definition) is 0. The van der Waals surface area contributed by atoms with E-state index in [9.17, 15) is 19.7 Å². The molecule has 0 saturated carbocycles. The van der Waals surface area contributed by atoms with Crippen molar-refractivity contribution in [3.63, 3.8) is 0 Å². The maximum atomic E-state index is 14.0. The van der Waals surface area contributed by atoms with Crippen molar-refractivity contribution >= 4 is 17.3 Å². The standard InChI is InChI=1S/C35H42N2O6/c1-7-14-36-25-17-34(3,4)19-27(38)32(25)31(33-26(36)18-35(5,6)20-28(33)39)23-12-13-29(30(16-23)42-8-2)43-21-22-10-9-11-24(15-22)37(40)41/h9-13,15-16,31H,7-8,14,17-21H2,1-6H3. The predicted molar refractivity (Wildman–Crippen MR) is 165 cm³/mol. The van der Waals surface area contributed by atoms with Crippen LogP contribution in [-0.2, 0) is 16.2 Å². The van der Waals surface area contributed by atoms with Gasteiger partial charge in [-0.15, -0.1) is 0 Å². The fourth-order valence-electron chi connectivity index (χ4n) is 6.89. The number of carbonyl (C=O) groups is 2. The minimum absolute atomic E-state index is 0.00436. The lowest BCUT2D eigenvalue weighted by molar-refractivity contribution is -0.384. The average Bonchev–Trinajstić information content (AvgIpc) is 2.92. The van der Waals surface area contributed by atoms with Crippen LogP contribution in [-0.4, -0.2) is 34.5 Å². The summed E-state index contributed by atoms with van der Waals surface area (Å²) in [4.78, 5) is 41.0. The molecule has 0 aromatic heterocycles. The third kappa shape index (κ3) is 6.10. The maximum absolute atomic E-state index is 14.0. The van der Waals surface area contributed by atoms with Crippen molar-refractivity contribution in [3.05, 3.63) is 86.2 Å². The number of benzene rings is 2. The molecule has 3 aliphatic rings. The van der Waals surface area contributed by atoms with Crippen LogP contribution in [0, 0.1) is 20.9 Å². The molecule has 1 heterocycles. The molecule has 0 unspecified atom stereocenters. The summed E-state index contributed by atoms with van der Waals surface area (Å²) >= 11 is 0. The first-order valence-corrected chi connectivity index (χ1v) is 15.3. The van der Waals surface area contributed by atoms with Crippen molar-refractivity contribution in [3.8, 4) is 11.5 Å². The quantitative estimate of drug-likeness (QED) is 0.220. The van der Waals surface area contributed by atoms with Gasteiger partial charge in [0.15, 0.2) is 23.1 Å². The van der Waals surface area contributed by atoms with Gasteiger partial charge in [0, 0.05) is 60.0 Å². The van der Waals surface area contributed by atoms with E-state index in [1.165, 1.54) is 12.1 Å². The van der Waals surface area contributed by atoms with E-state index in [0.717, 1.165) is 53.9 Å². The Morgan fingerprint density at radius 3 is 2.05 bits per heavy atom. The molecule has 2 aromatic carbocycles. The lowest BCUT2D eigenvalue weighted by atomic mass is 9.63. The van der Waals surface area contributed by atoms with E-state index < -0.39 is 10.8 Å². The second-order valence-corrected chi connectivity index (χ2v) is 13.5. The monoisotopic (exact) mass is 586 g/mol. The lowest BCUT2D eigenvalue weighted by Gasteiger charge is -2.49. The maximum Gasteiger partial charge on any atom is 0.269 e. The van der Waals surface area contributed by atoms with E-state index in [-0.39, 0.29) is 34.7 Å². The van der Waals surface area contributed by atoms with Gasteiger partial charge in [-0.3, -0.25) is 19.7 Å². The van der Waals surface area contributed by atoms with Crippen LogP contribution in [0.1, 0.15) is 90.7 Å². The number of hydrogen-bond acceptors (Lipinski definition) is 7. The second kappa shape index (κ2) is 11.6. The Morgan fingerprint density at radius 1 is 0.860 bits per heavy atom. The molecule has 43 heavy (non-hydrogen) atoms. The van der Waals surface area contributed by atoms with E-state index in [0.29, 0.717) is 36.5 Å². The van der Waals surface area contributed by atoms with Crippen LogP contribution in [0.5, 0.6) is 11.5 Å². The Kier molecular flexibility index (Phi) is 8.25. The molecular formula is C35H42N2O6. The average molecular weight is 587 g/mol. The van der Waals surface area contributed by atoms with Crippen LogP contribution >= 0.6 is 0 Å². The van der Waals surface area contributed by atoms with Crippen molar-refractivity contribution in [2.75, 3.05) is 13.2 Å². The van der Waals surface area contributed by atoms with E-state index in [1.807, 2.05) is 25.1 Å². The van der Waals surface area contributed by atoms with Gasteiger partial charge in [0.2, 0.25) is 0 Å². The molecule has 5 rings (SSSR count). The Balaban J connectivity index is 1.60. The summed E-state index contributed by atoms with van der Waals surface area (Å²) in [6.45, 7) is 13.9. The van der Waals surface area contributed by atoms with Gasteiger partial charge in [-0.25, -0.2) is 0 Å². The van der Waals surface area contributed by atoms with Crippen molar-refractivity contribution < 1.29 is 24.0 Å². The molecule has 228 valence electrons. The van der Waals surface area contributed by atoms with Gasteiger partial charge in [0.05, 0.1) is 11.5 Å². The fraction of sp³-hybridized carbons (Fsp3) is 0.486. The van der Waals surface area contributed by atoms with E-state index in [4.69, 9.17) is 9.47 Å². The summed E-state index contributed by atoms with van der Waals surface area (Å²) < 4.78 is 12.1. The summed E-state index contributed by atoms with van der Waals surface area (Å²) in [7, 11) is 0. The summed E-state index contributed by atoms with van der Waals surface area (Å²) in [5.74, 6) is 0.750. The van der Waals surface area contributed by atoms with Gasteiger partial charge < -0.3 is 14.4 Å². The van der Waals surface area contributed by atoms with Gasteiger partial charge in [0.25, 0.3) is 5.69 Å². The van der Waals surface area contributed by atoms with Gasteiger partial charge in [-0.05, 0) is 60.3 Å². The number of Topliss-reactive ketones (excluding diaryl/α,β-unsaturated/α-hetero) is 2. The van der Waals surface area contributed by atoms with Crippen LogP contribution < -0.4 is 9.47 Å².